The number of piperidine rings is 1. The summed E-state index contributed by atoms with van der Waals surface area (Å²) in [7, 11) is 0. The summed E-state index contributed by atoms with van der Waals surface area (Å²) in [5.74, 6) is 1.08. The Hall–Kier alpha value is -1.26. The first-order valence-corrected chi connectivity index (χ1v) is 9.50. The molecule has 0 aromatic heterocycles. The van der Waals surface area contributed by atoms with Crippen LogP contribution in [0.25, 0.3) is 0 Å². The summed E-state index contributed by atoms with van der Waals surface area (Å²) in [5, 5.41) is 0.764. The van der Waals surface area contributed by atoms with E-state index in [1.165, 1.54) is 18.5 Å². The van der Waals surface area contributed by atoms with Crippen LogP contribution in [0.3, 0.4) is 0 Å². The van der Waals surface area contributed by atoms with Crippen LogP contribution < -0.4 is 4.90 Å². The molecule has 0 unspecified atom stereocenters. The number of hydrogen-bond donors (Lipinski definition) is 0. The third-order valence-corrected chi connectivity index (χ3v) is 5.46. The Bertz CT molecular complexity index is 540. The first-order chi connectivity index (χ1) is 11.6. The maximum Gasteiger partial charge on any atom is 0.223 e. The van der Waals surface area contributed by atoms with Crippen LogP contribution in [0.1, 0.15) is 26.2 Å². The number of carbonyl (C=O) groups excluding carboxylic acids is 1. The number of rotatable bonds is 4. The monoisotopic (exact) mass is 349 g/mol. The summed E-state index contributed by atoms with van der Waals surface area (Å²) in [6.45, 7) is 8.96. The first-order valence-electron chi connectivity index (χ1n) is 9.12. The van der Waals surface area contributed by atoms with Gasteiger partial charge in [-0.25, -0.2) is 0 Å². The maximum atomic E-state index is 12.5. The van der Waals surface area contributed by atoms with Gasteiger partial charge in [-0.05, 0) is 49.6 Å². The summed E-state index contributed by atoms with van der Waals surface area (Å²) in [6.07, 6.45) is 3.26. The van der Waals surface area contributed by atoms with Crippen molar-refractivity contribution in [1.82, 2.24) is 9.80 Å². The van der Waals surface area contributed by atoms with Crippen molar-refractivity contribution in [3.8, 4) is 0 Å². The van der Waals surface area contributed by atoms with Crippen molar-refractivity contribution in [2.24, 2.45) is 5.92 Å². The predicted octanol–water partition coefficient (Wildman–Crippen LogP) is 3.11. The highest BCUT2D eigenvalue weighted by atomic mass is 35.5. The molecule has 2 aliphatic heterocycles. The average Bonchev–Trinajstić information content (AvgIpc) is 2.61. The Kier molecular flexibility index (Phi) is 6.01. The first kappa shape index (κ1) is 17.6. The van der Waals surface area contributed by atoms with Crippen molar-refractivity contribution in [2.75, 3.05) is 50.7 Å². The molecule has 1 atom stereocenters. The van der Waals surface area contributed by atoms with Crippen LogP contribution in [0.2, 0.25) is 5.02 Å². The number of piperazine rings is 1. The quantitative estimate of drug-likeness (QED) is 0.835. The van der Waals surface area contributed by atoms with Gasteiger partial charge < -0.3 is 14.7 Å². The standard InChI is InChI=1S/C19H28ClN3O/c1-16-3-2-9-21(15-16)10-8-19(24)23-13-11-22(12-14-23)18-6-4-17(20)5-7-18/h4-7,16H,2-3,8-15H2,1H3/t16-/m1/s1. The Morgan fingerprint density at radius 1 is 1.12 bits per heavy atom. The molecule has 4 nitrogen and oxygen atoms in total. The van der Waals surface area contributed by atoms with E-state index in [0.29, 0.717) is 12.3 Å². The van der Waals surface area contributed by atoms with Gasteiger partial charge >= 0.3 is 0 Å². The van der Waals surface area contributed by atoms with Gasteiger partial charge in [-0.15, -0.1) is 0 Å². The SMILES string of the molecule is C[C@@H]1CCCN(CCC(=O)N2CCN(c3ccc(Cl)cc3)CC2)C1. The summed E-state index contributed by atoms with van der Waals surface area (Å²) in [4.78, 5) is 19.3. The molecule has 0 saturated carbocycles. The van der Waals surface area contributed by atoms with Gasteiger partial charge in [-0.2, -0.15) is 0 Å². The molecule has 0 aliphatic carbocycles. The molecule has 0 N–H and O–H groups in total. The van der Waals surface area contributed by atoms with Crippen molar-refractivity contribution in [3.63, 3.8) is 0 Å². The van der Waals surface area contributed by atoms with Crippen LogP contribution in [0.5, 0.6) is 0 Å². The van der Waals surface area contributed by atoms with Crippen molar-refractivity contribution in [3.05, 3.63) is 29.3 Å². The molecule has 0 radical (unpaired) electrons. The second-order valence-electron chi connectivity index (χ2n) is 7.14. The second-order valence-corrected chi connectivity index (χ2v) is 7.58. The molecule has 1 aromatic rings. The van der Waals surface area contributed by atoms with Gasteiger partial charge in [0, 0.05) is 56.4 Å². The molecule has 3 rings (SSSR count). The minimum Gasteiger partial charge on any atom is -0.368 e. The number of nitrogens with zero attached hydrogens (tertiary/aromatic N) is 3. The van der Waals surface area contributed by atoms with E-state index in [9.17, 15) is 4.79 Å². The molecule has 1 aromatic carbocycles. The largest absolute Gasteiger partial charge is 0.368 e. The molecule has 2 heterocycles. The zero-order valence-corrected chi connectivity index (χ0v) is 15.3. The van der Waals surface area contributed by atoms with Crippen LogP contribution in [0.4, 0.5) is 5.69 Å². The highest BCUT2D eigenvalue weighted by Gasteiger charge is 2.22. The number of likely N-dealkylation sites (tertiary alicyclic amines) is 1. The highest BCUT2D eigenvalue weighted by molar-refractivity contribution is 6.30. The van der Waals surface area contributed by atoms with Crippen LogP contribution in [-0.2, 0) is 4.79 Å². The van der Waals surface area contributed by atoms with Crippen LogP contribution in [0, 0.1) is 5.92 Å². The van der Waals surface area contributed by atoms with Crippen LogP contribution in [0.15, 0.2) is 24.3 Å². The summed E-state index contributed by atoms with van der Waals surface area (Å²) in [5.41, 5.74) is 1.19. The lowest BCUT2D eigenvalue weighted by Crippen LogP contribution is -2.49. The maximum absolute atomic E-state index is 12.5. The van der Waals surface area contributed by atoms with Crippen molar-refractivity contribution in [2.45, 2.75) is 26.2 Å². The lowest BCUT2D eigenvalue weighted by molar-refractivity contribution is -0.131. The number of anilines is 1. The predicted molar refractivity (Wildman–Crippen MR) is 99.7 cm³/mol. The topological polar surface area (TPSA) is 26.8 Å². The Balaban J connectivity index is 1.42. The van der Waals surface area contributed by atoms with E-state index >= 15 is 0 Å². The zero-order valence-electron chi connectivity index (χ0n) is 14.6. The normalized spacial score (nSPS) is 22.7. The molecule has 132 valence electrons. The van der Waals surface area contributed by atoms with E-state index in [-0.39, 0.29) is 0 Å². The molecule has 0 bridgehead atoms. The van der Waals surface area contributed by atoms with E-state index in [2.05, 4.69) is 28.9 Å². The Labute approximate surface area is 150 Å². The van der Waals surface area contributed by atoms with Gasteiger partial charge in [0.25, 0.3) is 0 Å². The lowest BCUT2D eigenvalue weighted by Gasteiger charge is -2.37. The van der Waals surface area contributed by atoms with Crippen molar-refractivity contribution in [1.29, 1.82) is 0 Å². The van der Waals surface area contributed by atoms with E-state index < -0.39 is 0 Å². The smallest absolute Gasteiger partial charge is 0.223 e. The number of carbonyl (C=O) groups is 1. The van der Waals surface area contributed by atoms with Gasteiger partial charge in [0.15, 0.2) is 0 Å². The fourth-order valence-corrected chi connectivity index (χ4v) is 3.89. The van der Waals surface area contributed by atoms with Gasteiger partial charge in [0.05, 0.1) is 0 Å². The molecule has 2 fully saturated rings. The summed E-state index contributed by atoms with van der Waals surface area (Å²) in [6, 6.07) is 7.96. The molecular weight excluding hydrogens is 322 g/mol. The fraction of sp³-hybridized carbons (Fsp3) is 0.632. The summed E-state index contributed by atoms with van der Waals surface area (Å²) >= 11 is 5.95. The second kappa shape index (κ2) is 8.21. The third kappa shape index (κ3) is 4.64. The minimum absolute atomic E-state index is 0.309. The highest BCUT2D eigenvalue weighted by Crippen LogP contribution is 2.20. The van der Waals surface area contributed by atoms with Gasteiger partial charge in [-0.1, -0.05) is 18.5 Å². The van der Waals surface area contributed by atoms with E-state index in [1.807, 2.05) is 17.0 Å². The van der Waals surface area contributed by atoms with Crippen LogP contribution >= 0.6 is 11.6 Å². The Morgan fingerprint density at radius 3 is 2.50 bits per heavy atom. The molecule has 5 heteroatoms. The number of hydrogen-bond acceptors (Lipinski definition) is 3. The van der Waals surface area contributed by atoms with Gasteiger partial charge in [-0.3, -0.25) is 4.79 Å². The minimum atomic E-state index is 0.309. The zero-order chi connectivity index (χ0) is 16.9. The van der Waals surface area contributed by atoms with Gasteiger partial charge in [0.1, 0.15) is 0 Å². The van der Waals surface area contributed by atoms with Gasteiger partial charge in [0.2, 0.25) is 5.91 Å². The third-order valence-electron chi connectivity index (χ3n) is 5.21. The van der Waals surface area contributed by atoms with Crippen LogP contribution in [-0.4, -0.2) is 61.5 Å². The van der Waals surface area contributed by atoms with Crippen molar-refractivity contribution < 1.29 is 4.79 Å². The number of amides is 1. The lowest BCUT2D eigenvalue weighted by atomic mass is 10.0. The molecule has 0 spiro atoms. The van der Waals surface area contributed by atoms with E-state index in [0.717, 1.165) is 56.8 Å². The fourth-order valence-electron chi connectivity index (χ4n) is 3.77. The van der Waals surface area contributed by atoms with E-state index in [4.69, 9.17) is 11.6 Å². The molecule has 2 aliphatic rings. The average molecular weight is 350 g/mol. The van der Waals surface area contributed by atoms with E-state index in [1.54, 1.807) is 0 Å². The molecule has 1 amide bonds. The molecule has 2 saturated heterocycles. The van der Waals surface area contributed by atoms with Crippen molar-refractivity contribution >= 4 is 23.2 Å². The molecule has 24 heavy (non-hydrogen) atoms. The Morgan fingerprint density at radius 2 is 1.83 bits per heavy atom. The summed E-state index contributed by atoms with van der Waals surface area (Å²) < 4.78 is 0. The number of benzene rings is 1. The molecular formula is C19H28ClN3O. The number of halogens is 1.